The van der Waals surface area contributed by atoms with Crippen LogP contribution in [0.4, 0.5) is 0 Å². The topological polar surface area (TPSA) is 35.6 Å². The third-order valence-corrected chi connectivity index (χ3v) is 10.2. The first-order chi connectivity index (χ1) is 24.8. The highest BCUT2D eigenvalue weighted by atomic mass is 15.1. The molecular formula is C46H28N4. The van der Waals surface area contributed by atoms with E-state index in [-0.39, 0.29) is 0 Å². The van der Waals surface area contributed by atoms with E-state index in [1.807, 2.05) is 12.1 Å². The number of para-hydroxylation sites is 4. The summed E-state index contributed by atoms with van der Waals surface area (Å²) in [4.78, 5) is 10.8. The Morgan fingerprint density at radius 3 is 1.76 bits per heavy atom. The Bertz CT molecular complexity index is 3140. The van der Waals surface area contributed by atoms with Crippen LogP contribution in [-0.4, -0.2) is 19.1 Å². The summed E-state index contributed by atoms with van der Waals surface area (Å²) in [6.45, 7) is 0. The van der Waals surface area contributed by atoms with E-state index in [4.69, 9.17) is 9.97 Å². The highest BCUT2D eigenvalue weighted by Gasteiger charge is 2.23. The lowest BCUT2D eigenvalue weighted by molar-refractivity contribution is 1.08. The number of hydrogen-bond acceptors (Lipinski definition) is 2. The summed E-state index contributed by atoms with van der Waals surface area (Å²) in [5, 5.41) is 9.63. The molecule has 0 radical (unpaired) electrons. The quantitative estimate of drug-likeness (QED) is 0.193. The standard InChI is InChI=1S/C46H28N4/c1-2-17-32(18-3-1)49-42-26-31-15-5-4-14-30(31)25-36(42)38-27-37-34-20-8-11-24-41(34)50(44(37)28-43(38)49)46-45(47-39-22-9-10-23-40(39)48-46)35-21-12-16-29-13-6-7-19-33(29)35/h1-28H. The van der Waals surface area contributed by atoms with Crippen LogP contribution in [0.15, 0.2) is 170 Å². The van der Waals surface area contributed by atoms with Gasteiger partial charge in [-0.05, 0) is 76.1 Å². The molecular weight excluding hydrogens is 609 g/mol. The van der Waals surface area contributed by atoms with Gasteiger partial charge in [-0.1, -0.05) is 115 Å². The summed E-state index contributed by atoms with van der Waals surface area (Å²) in [6.07, 6.45) is 0. The fraction of sp³-hybridized carbons (Fsp3) is 0. The van der Waals surface area contributed by atoms with Gasteiger partial charge in [-0.2, -0.15) is 0 Å². The van der Waals surface area contributed by atoms with Crippen LogP contribution in [0.25, 0.3) is 99.0 Å². The summed E-state index contributed by atoms with van der Waals surface area (Å²) in [7, 11) is 0. The molecule has 4 heteroatoms. The molecule has 3 heterocycles. The van der Waals surface area contributed by atoms with E-state index in [0.29, 0.717) is 0 Å². The van der Waals surface area contributed by atoms with Crippen molar-refractivity contribution in [2.75, 3.05) is 0 Å². The van der Waals surface area contributed by atoms with Crippen LogP contribution in [0.5, 0.6) is 0 Å². The molecule has 4 nitrogen and oxygen atoms in total. The average molecular weight is 637 g/mol. The van der Waals surface area contributed by atoms with Gasteiger partial charge in [0.1, 0.15) is 5.69 Å². The molecule has 0 unspecified atom stereocenters. The third kappa shape index (κ3) is 3.87. The van der Waals surface area contributed by atoms with Crippen molar-refractivity contribution in [2.24, 2.45) is 0 Å². The Morgan fingerprint density at radius 1 is 0.340 bits per heavy atom. The second-order valence-corrected chi connectivity index (χ2v) is 13.0. The maximum atomic E-state index is 5.44. The minimum Gasteiger partial charge on any atom is -0.309 e. The van der Waals surface area contributed by atoms with Gasteiger partial charge >= 0.3 is 0 Å². The van der Waals surface area contributed by atoms with Crippen LogP contribution < -0.4 is 0 Å². The molecule has 11 rings (SSSR count). The molecule has 0 aliphatic rings. The molecule has 0 N–H and O–H groups in total. The van der Waals surface area contributed by atoms with E-state index in [0.717, 1.165) is 55.7 Å². The highest BCUT2D eigenvalue weighted by molar-refractivity contribution is 6.21. The molecule has 0 bridgehead atoms. The largest absolute Gasteiger partial charge is 0.309 e. The summed E-state index contributed by atoms with van der Waals surface area (Å²) in [6, 6.07) is 60.7. The number of hydrogen-bond donors (Lipinski definition) is 0. The minimum atomic E-state index is 0.818. The van der Waals surface area contributed by atoms with Crippen molar-refractivity contribution in [2.45, 2.75) is 0 Å². The Labute approximate surface area is 287 Å². The second-order valence-electron chi connectivity index (χ2n) is 13.0. The van der Waals surface area contributed by atoms with E-state index in [2.05, 4.69) is 167 Å². The Morgan fingerprint density at radius 2 is 0.920 bits per heavy atom. The SMILES string of the molecule is c1ccc(-n2c3cc4ccccc4cc3c3cc4c5ccccc5n(-c5nc6ccccc6nc5-c5cccc6ccccc56)c4cc32)cc1. The van der Waals surface area contributed by atoms with Gasteiger partial charge in [0, 0.05) is 32.8 Å². The van der Waals surface area contributed by atoms with Crippen molar-refractivity contribution in [3.05, 3.63) is 170 Å². The van der Waals surface area contributed by atoms with Gasteiger partial charge in [0.2, 0.25) is 0 Å². The maximum absolute atomic E-state index is 5.44. The van der Waals surface area contributed by atoms with Crippen molar-refractivity contribution in [1.82, 2.24) is 19.1 Å². The molecule has 0 aliphatic heterocycles. The van der Waals surface area contributed by atoms with Crippen LogP contribution in [0.3, 0.4) is 0 Å². The second kappa shape index (κ2) is 10.4. The van der Waals surface area contributed by atoms with Crippen molar-refractivity contribution >= 4 is 76.2 Å². The monoisotopic (exact) mass is 636 g/mol. The summed E-state index contributed by atoms with van der Waals surface area (Å²) in [5.74, 6) is 0.818. The molecule has 0 aliphatic carbocycles. The van der Waals surface area contributed by atoms with Crippen molar-refractivity contribution in [1.29, 1.82) is 0 Å². The number of benzene rings is 8. The Hall–Kier alpha value is -6.78. The molecule has 0 saturated carbocycles. The van der Waals surface area contributed by atoms with E-state index in [9.17, 15) is 0 Å². The predicted octanol–water partition coefficient (Wildman–Crippen LogP) is 11.8. The van der Waals surface area contributed by atoms with E-state index in [1.165, 1.54) is 43.2 Å². The van der Waals surface area contributed by atoms with Crippen molar-refractivity contribution in [3.8, 4) is 22.8 Å². The summed E-state index contributed by atoms with van der Waals surface area (Å²) in [5.41, 5.74) is 9.32. The first-order valence-electron chi connectivity index (χ1n) is 17.0. The van der Waals surface area contributed by atoms with Crippen LogP contribution >= 0.6 is 0 Å². The number of aromatic nitrogens is 4. The molecule has 50 heavy (non-hydrogen) atoms. The fourth-order valence-corrected chi connectivity index (χ4v) is 8.01. The molecule has 0 spiro atoms. The molecule has 0 atom stereocenters. The van der Waals surface area contributed by atoms with Crippen LogP contribution in [0, 0.1) is 0 Å². The predicted molar refractivity (Wildman–Crippen MR) is 209 cm³/mol. The fourth-order valence-electron chi connectivity index (χ4n) is 8.01. The van der Waals surface area contributed by atoms with Crippen molar-refractivity contribution < 1.29 is 0 Å². The highest BCUT2D eigenvalue weighted by Crippen LogP contribution is 2.42. The van der Waals surface area contributed by atoms with Crippen LogP contribution in [0.2, 0.25) is 0 Å². The summed E-state index contributed by atoms with van der Waals surface area (Å²) >= 11 is 0. The third-order valence-electron chi connectivity index (χ3n) is 10.2. The zero-order chi connectivity index (χ0) is 32.8. The lowest BCUT2D eigenvalue weighted by atomic mass is 10.0. The van der Waals surface area contributed by atoms with Crippen LogP contribution in [0.1, 0.15) is 0 Å². The first kappa shape index (κ1) is 27.2. The van der Waals surface area contributed by atoms with Gasteiger partial charge in [0.05, 0.1) is 33.1 Å². The molecule has 0 amide bonds. The number of rotatable bonds is 3. The first-order valence-corrected chi connectivity index (χ1v) is 17.0. The van der Waals surface area contributed by atoms with Gasteiger partial charge in [-0.25, -0.2) is 9.97 Å². The number of fused-ring (bicyclic) bond motifs is 9. The van der Waals surface area contributed by atoms with Gasteiger partial charge < -0.3 is 4.57 Å². The molecule has 8 aromatic carbocycles. The molecule has 11 aromatic rings. The van der Waals surface area contributed by atoms with E-state index >= 15 is 0 Å². The molecule has 3 aromatic heterocycles. The number of nitrogens with zero attached hydrogens (tertiary/aromatic N) is 4. The summed E-state index contributed by atoms with van der Waals surface area (Å²) < 4.78 is 4.75. The Balaban J connectivity index is 1.32. The van der Waals surface area contributed by atoms with E-state index in [1.54, 1.807) is 0 Å². The molecule has 0 fully saturated rings. The van der Waals surface area contributed by atoms with Gasteiger partial charge in [-0.15, -0.1) is 0 Å². The van der Waals surface area contributed by atoms with Gasteiger partial charge in [0.15, 0.2) is 5.82 Å². The smallest absolute Gasteiger partial charge is 0.165 e. The minimum absolute atomic E-state index is 0.818. The zero-order valence-electron chi connectivity index (χ0n) is 27.0. The normalized spacial score (nSPS) is 12.0. The molecule has 232 valence electrons. The van der Waals surface area contributed by atoms with E-state index < -0.39 is 0 Å². The lowest BCUT2D eigenvalue weighted by Crippen LogP contribution is -2.04. The lowest BCUT2D eigenvalue weighted by Gasteiger charge is -2.15. The van der Waals surface area contributed by atoms with Gasteiger partial charge in [-0.3, -0.25) is 4.57 Å². The van der Waals surface area contributed by atoms with Crippen molar-refractivity contribution in [3.63, 3.8) is 0 Å². The van der Waals surface area contributed by atoms with Gasteiger partial charge in [0.25, 0.3) is 0 Å². The molecule has 0 saturated heterocycles. The van der Waals surface area contributed by atoms with Crippen LogP contribution in [-0.2, 0) is 0 Å². The zero-order valence-corrected chi connectivity index (χ0v) is 27.0. The average Bonchev–Trinajstić information content (AvgIpc) is 3.66. The maximum Gasteiger partial charge on any atom is 0.165 e. The Kier molecular flexibility index (Phi) is 5.63.